The Bertz CT molecular complexity index is 1220. The van der Waals surface area contributed by atoms with Crippen molar-refractivity contribution in [3.63, 3.8) is 0 Å². The molecule has 3 atom stereocenters. The minimum atomic E-state index is -0.571. The molecule has 3 aliphatic rings. The third kappa shape index (κ3) is 6.06. The fourth-order valence-electron chi connectivity index (χ4n) is 5.69. The zero-order valence-corrected chi connectivity index (χ0v) is 23.9. The summed E-state index contributed by atoms with van der Waals surface area (Å²) in [6.07, 6.45) is 2.60. The molecule has 0 aromatic heterocycles. The summed E-state index contributed by atoms with van der Waals surface area (Å²) in [6, 6.07) is 16.0. The van der Waals surface area contributed by atoms with Crippen LogP contribution >= 0.6 is 15.9 Å². The first-order valence-electron chi connectivity index (χ1n) is 13.5. The van der Waals surface area contributed by atoms with E-state index in [0.717, 1.165) is 35.0 Å². The average molecular weight is 583 g/mol. The molecule has 1 N–H and O–H groups in total. The van der Waals surface area contributed by atoms with Crippen molar-refractivity contribution in [3.8, 4) is 0 Å². The van der Waals surface area contributed by atoms with Crippen molar-refractivity contribution in [2.45, 2.75) is 64.0 Å². The number of hydrogen-bond acceptors (Lipinski definition) is 4. The molecule has 1 saturated carbocycles. The molecular weight excluding hydrogens is 546 g/mol. The first-order chi connectivity index (χ1) is 18.1. The van der Waals surface area contributed by atoms with Gasteiger partial charge in [-0.3, -0.25) is 9.59 Å². The van der Waals surface area contributed by atoms with E-state index in [9.17, 15) is 14.4 Å². The van der Waals surface area contributed by atoms with Gasteiger partial charge in [0.15, 0.2) is 0 Å². The highest BCUT2D eigenvalue weighted by Gasteiger charge is 2.44. The van der Waals surface area contributed by atoms with Gasteiger partial charge in [0.2, 0.25) is 11.8 Å². The smallest absolute Gasteiger partial charge is 0.410 e. The summed E-state index contributed by atoms with van der Waals surface area (Å²) in [5.41, 5.74) is 2.23. The maximum Gasteiger partial charge on any atom is 0.410 e. The van der Waals surface area contributed by atoms with Crippen molar-refractivity contribution in [1.29, 1.82) is 0 Å². The van der Waals surface area contributed by atoms with Crippen molar-refractivity contribution in [2.75, 3.05) is 25.0 Å². The van der Waals surface area contributed by atoms with E-state index < -0.39 is 11.5 Å². The number of carbonyl (C=O) groups excluding carboxylic acids is 3. The SMILES string of the molecule is CC(C)(C)OC(=O)N1C[C@@H](Cc2ccccc2Br)[C@H](CN(C(=O)C2CC(=O)Nc3ccccc32)C2CC2)C1. The first kappa shape index (κ1) is 26.7. The van der Waals surface area contributed by atoms with Crippen LogP contribution in [0.15, 0.2) is 53.0 Å². The number of rotatable bonds is 6. The Labute approximate surface area is 233 Å². The van der Waals surface area contributed by atoms with Crippen LogP contribution in [0.5, 0.6) is 0 Å². The van der Waals surface area contributed by atoms with Gasteiger partial charge in [-0.15, -0.1) is 0 Å². The fraction of sp³-hybridized carbons (Fsp3) is 0.500. The van der Waals surface area contributed by atoms with Crippen LogP contribution < -0.4 is 5.32 Å². The molecule has 38 heavy (non-hydrogen) atoms. The molecule has 0 spiro atoms. The molecule has 1 saturated heterocycles. The number of nitrogens with one attached hydrogen (secondary N) is 1. The lowest BCUT2D eigenvalue weighted by molar-refractivity contribution is -0.136. The Morgan fingerprint density at radius 1 is 1.05 bits per heavy atom. The van der Waals surface area contributed by atoms with Crippen molar-refractivity contribution in [3.05, 3.63) is 64.1 Å². The van der Waals surface area contributed by atoms with E-state index in [-0.39, 0.29) is 42.2 Å². The topological polar surface area (TPSA) is 79.0 Å². The molecule has 2 heterocycles. The second-order valence-corrected chi connectivity index (χ2v) is 12.7. The highest BCUT2D eigenvalue weighted by Crippen LogP contribution is 2.39. The van der Waals surface area contributed by atoms with E-state index in [4.69, 9.17) is 4.74 Å². The molecular formula is C30H36BrN3O4. The van der Waals surface area contributed by atoms with Crippen LogP contribution in [0.2, 0.25) is 0 Å². The number of para-hydroxylation sites is 1. The van der Waals surface area contributed by atoms with Gasteiger partial charge in [0.25, 0.3) is 0 Å². The quantitative estimate of drug-likeness (QED) is 0.482. The molecule has 8 heteroatoms. The molecule has 2 aromatic carbocycles. The lowest BCUT2D eigenvalue weighted by Crippen LogP contribution is -2.44. The lowest BCUT2D eigenvalue weighted by atomic mass is 9.87. The van der Waals surface area contributed by atoms with Gasteiger partial charge < -0.3 is 19.9 Å². The van der Waals surface area contributed by atoms with Crippen LogP contribution in [0.25, 0.3) is 0 Å². The van der Waals surface area contributed by atoms with Gasteiger partial charge in [0.1, 0.15) is 5.60 Å². The van der Waals surface area contributed by atoms with E-state index in [1.807, 2.05) is 68.1 Å². The van der Waals surface area contributed by atoms with E-state index >= 15 is 0 Å². The molecule has 2 aliphatic heterocycles. The van der Waals surface area contributed by atoms with E-state index in [1.165, 1.54) is 5.56 Å². The monoisotopic (exact) mass is 581 g/mol. The maximum atomic E-state index is 14.0. The number of halogens is 1. The second kappa shape index (κ2) is 10.7. The predicted molar refractivity (Wildman–Crippen MR) is 150 cm³/mol. The van der Waals surface area contributed by atoms with Crippen LogP contribution in [0.3, 0.4) is 0 Å². The summed E-state index contributed by atoms with van der Waals surface area (Å²) in [7, 11) is 0. The zero-order chi connectivity index (χ0) is 27.0. The highest BCUT2D eigenvalue weighted by atomic mass is 79.9. The summed E-state index contributed by atoms with van der Waals surface area (Å²) < 4.78 is 6.75. The van der Waals surface area contributed by atoms with Crippen molar-refractivity contribution < 1.29 is 19.1 Å². The Hall–Kier alpha value is -2.87. The molecule has 202 valence electrons. The van der Waals surface area contributed by atoms with Crippen molar-refractivity contribution >= 4 is 39.5 Å². The largest absolute Gasteiger partial charge is 0.444 e. The van der Waals surface area contributed by atoms with Crippen LogP contribution in [0.1, 0.15) is 57.1 Å². The number of likely N-dealkylation sites (tertiary alicyclic amines) is 1. The molecule has 1 aliphatic carbocycles. The second-order valence-electron chi connectivity index (χ2n) is 11.8. The standard InChI is InChI=1S/C30H36BrN3O4/c1-30(2,3)38-29(37)33-16-20(14-19-8-4-6-10-25(19)31)21(17-33)18-34(22-12-13-22)28(36)24-15-27(35)32-26-11-7-5-9-23(24)26/h4-11,20-22,24H,12-18H2,1-3H3,(H,32,35)/t20-,21+,24?/m1/s1. The minimum absolute atomic E-state index is 0.0187. The Morgan fingerprint density at radius 3 is 2.45 bits per heavy atom. The van der Waals surface area contributed by atoms with Gasteiger partial charge in [-0.2, -0.15) is 0 Å². The molecule has 1 unspecified atom stereocenters. The Balaban J connectivity index is 1.39. The molecule has 0 radical (unpaired) electrons. The number of ether oxygens (including phenoxy) is 1. The van der Waals surface area contributed by atoms with Crippen LogP contribution in [0.4, 0.5) is 10.5 Å². The van der Waals surface area contributed by atoms with E-state index in [0.29, 0.717) is 19.6 Å². The van der Waals surface area contributed by atoms with E-state index in [2.05, 4.69) is 27.3 Å². The number of carbonyl (C=O) groups is 3. The molecule has 5 rings (SSSR count). The van der Waals surface area contributed by atoms with Gasteiger partial charge in [-0.1, -0.05) is 52.3 Å². The summed E-state index contributed by atoms with van der Waals surface area (Å²) in [4.78, 5) is 43.3. The van der Waals surface area contributed by atoms with Gasteiger partial charge in [-0.25, -0.2) is 4.79 Å². The molecule has 0 bridgehead atoms. The Morgan fingerprint density at radius 2 is 1.74 bits per heavy atom. The average Bonchev–Trinajstić information content (AvgIpc) is 3.62. The van der Waals surface area contributed by atoms with Gasteiger partial charge in [-0.05, 0) is 75.1 Å². The number of amides is 3. The van der Waals surface area contributed by atoms with E-state index in [1.54, 1.807) is 4.90 Å². The predicted octanol–water partition coefficient (Wildman–Crippen LogP) is 5.59. The maximum absolute atomic E-state index is 14.0. The number of fused-ring (bicyclic) bond motifs is 1. The third-order valence-electron chi connectivity index (χ3n) is 7.67. The highest BCUT2D eigenvalue weighted by molar-refractivity contribution is 9.10. The van der Waals surface area contributed by atoms with Gasteiger partial charge in [0.05, 0.1) is 5.92 Å². The molecule has 2 fully saturated rings. The van der Waals surface area contributed by atoms with Gasteiger partial charge >= 0.3 is 6.09 Å². The molecule has 2 aromatic rings. The zero-order valence-electron chi connectivity index (χ0n) is 22.3. The Kier molecular flexibility index (Phi) is 7.54. The summed E-state index contributed by atoms with van der Waals surface area (Å²) in [5.74, 6) is -0.304. The number of anilines is 1. The molecule has 3 amide bonds. The van der Waals surface area contributed by atoms with Crippen LogP contribution in [-0.4, -0.2) is 59.0 Å². The van der Waals surface area contributed by atoms with Crippen LogP contribution in [-0.2, 0) is 20.7 Å². The first-order valence-corrected chi connectivity index (χ1v) is 14.3. The van der Waals surface area contributed by atoms with Gasteiger partial charge in [0, 0.05) is 42.3 Å². The third-order valence-corrected chi connectivity index (χ3v) is 8.44. The minimum Gasteiger partial charge on any atom is -0.444 e. The number of benzene rings is 2. The number of nitrogens with zero attached hydrogens (tertiary/aromatic N) is 2. The summed E-state index contributed by atoms with van der Waals surface area (Å²) in [6.45, 7) is 7.33. The number of hydrogen-bond donors (Lipinski definition) is 1. The van der Waals surface area contributed by atoms with Crippen molar-refractivity contribution in [1.82, 2.24) is 9.80 Å². The normalized spacial score (nSPS) is 23.0. The molecule has 7 nitrogen and oxygen atoms in total. The fourth-order valence-corrected chi connectivity index (χ4v) is 6.14. The summed E-state index contributed by atoms with van der Waals surface area (Å²) >= 11 is 3.68. The summed E-state index contributed by atoms with van der Waals surface area (Å²) in [5, 5.41) is 2.91. The van der Waals surface area contributed by atoms with Crippen LogP contribution in [0, 0.1) is 11.8 Å². The van der Waals surface area contributed by atoms with Crippen molar-refractivity contribution in [2.24, 2.45) is 11.8 Å². The lowest BCUT2D eigenvalue weighted by Gasteiger charge is -2.33.